The lowest BCUT2D eigenvalue weighted by Gasteiger charge is -2.35. The van der Waals surface area contributed by atoms with E-state index in [0.717, 1.165) is 29.1 Å². The van der Waals surface area contributed by atoms with Crippen LogP contribution in [0.1, 0.15) is 48.1 Å². The fourth-order valence-corrected chi connectivity index (χ4v) is 5.48. The van der Waals surface area contributed by atoms with Crippen molar-refractivity contribution in [3.05, 3.63) is 63.9 Å². The molecule has 1 aromatic heterocycles. The Kier molecular flexibility index (Phi) is 4.87. The molecule has 4 rings (SSSR count). The van der Waals surface area contributed by atoms with E-state index in [1.807, 2.05) is 24.4 Å². The van der Waals surface area contributed by atoms with Gasteiger partial charge in [-0.1, -0.05) is 29.8 Å². The van der Waals surface area contributed by atoms with Crippen molar-refractivity contribution in [1.29, 1.82) is 0 Å². The lowest BCUT2D eigenvalue weighted by atomic mass is 9.76. The molecule has 0 spiro atoms. The summed E-state index contributed by atoms with van der Waals surface area (Å²) in [6, 6.07) is 10.2. The van der Waals surface area contributed by atoms with E-state index in [1.165, 1.54) is 23.0 Å². The number of piperidine rings is 1. The van der Waals surface area contributed by atoms with E-state index >= 15 is 0 Å². The fraction of sp³-hybridized carbons (Fsp3) is 0.381. The van der Waals surface area contributed by atoms with Gasteiger partial charge in [-0.3, -0.25) is 4.98 Å². The van der Waals surface area contributed by atoms with Crippen molar-refractivity contribution in [2.75, 3.05) is 19.3 Å². The summed E-state index contributed by atoms with van der Waals surface area (Å²) in [5, 5.41) is 0.724. The summed E-state index contributed by atoms with van der Waals surface area (Å²) in [7, 11) is -3.13. The van der Waals surface area contributed by atoms with E-state index in [-0.39, 0.29) is 5.92 Å². The van der Waals surface area contributed by atoms with Gasteiger partial charge in [0.2, 0.25) is 10.0 Å². The smallest absolute Gasteiger partial charge is 0.211 e. The number of halogens is 1. The van der Waals surface area contributed by atoms with Gasteiger partial charge in [-0.15, -0.1) is 0 Å². The van der Waals surface area contributed by atoms with Crippen LogP contribution in [0, 0.1) is 5.92 Å². The second kappa shape index (κ2) is 7.04. The molecule has 1 atom stereocenters. The highest BCUT2D eigenvalue weighted by atomic mass is 35.5. The third-order valence-corrected chi connectivity index (χ3v) is 7.29. The Hall–Kier alpha value is -1.69. The topological polar surface area (TPSA) is 50.3 Å². The normalized spacial score (nSPS) is 21.1. The first-order valence-electron chi connectivity index (χ1n) is 9.23. The first-order valence-corrected chi connectivity index (χ1v) is 11.5. The van der Waals surface area contributed by atoms with Crippen LogP contribution in [-0.4, -0.2) is 37.1 Å². The predicted molar refractivity (Wildman–Crippen MR) is 110 cm³/mol. The highest BCUT2D eigenvalue weighted by molar-refractivity contribution is 7.88. The Morgan fingerprint density at radius 1 is 1.19 bits per heavy atom. The monoisotopic (exact) mass is 402 g/mol. The summed E-state index contributed by atoms with van der Waals surface area (Å²) in [5.41, 5.74) is 5.80. The number of allylic oxidation sites excluding steroid dienone is 1. The molecule has 0 N–H and O–H groups in total. The summed E-state index contributed by atoms with van der Waals surface area (Å²) in [6.07, 6.45) is 6.99. The zero-order valence-electron chi connectivity index (χ0n) is 15.5. The van der Waals surface area contributed by atoms with E-state index in [0.29, 0.717) is 19.0 Å². The molecular weight excluding hydrogens is 380 g/mol. The van der Waals surface area contributed by atoms with Crippen LogP contribution in [0.4, 0.5) is 0 Å². The Morgan fingerprint density at radius 2 is 1.93 bits per heavy atom. The highest BCUT2D eigenvalue weighted by Crippen LogP contribution is 2.44. The molecule has 0 radical (unpaired) electrons. The zero-order valence-corrected chi connectivity index (χ0v) is 17.1. The van der Waals surface area contributed by atoms with Gasteiger partial charge in [0, 0.05) is 30.2 Å². The fourth-order valence-electron chi connectivity index (χ4n) is 4.43. The summed E-state index contributed by atoms with van der Waals surface area (Å²) in [6.45, 7) is 3.24. The molecular formula is C21H23ClN2O2S. The number of nitrogens with zero attached hydrogens (tertiary/aromatic N) is 2. The molecule has 1 aliphatic carbocycles. The molecule has 142 valence electrons. The molecule has 2 aromatic rings. The Balaban J connectivity index is 1.79. The number of hydrogen-bond acceptors (Lipinski definition) is 3. The van der Waals surface area contributed by atoms with Gasteiger partial charge in [-0.25, -0.2) is 12.7 Å². The van der Waals surface area contributed by atoms with Gasteiger partial charge in [-0.2, -0.15) is 0 Å². The van der Waals surface area contributed by atoms with Crippen LogP contribution in [0.25, 0.3) is 11.6 Å². The van der Waals surface area contributed by atoms with Crippen LogP contribution in [0.2, 0.25) is 5.02 Å². The third kappa shape index (κ3) is 3.56. The maximum Gasteiger partial charge on any atom is 0.211 e. The standard InChI is InChI=1S/C21H23ClN2O2S/c1-14-12-16-13-17(22)5-6-19(16)20(21-18(14)4-3-9-23-21)15-7-10-24(11-8-15)27(2,25)26/h3-6,9,12-13,15,20H,7-8,10-11H2,1-2H3. The average Bonchev–Trinajstić information content (AvgIpc) is 2.75. The van der Waals surface area contributed by atoms with Crippen LogP contribution in [0.5, 0.6) is 0 Å². The molecule has 0 saturated carbocycles. The van der Waals surface area contributed by atoms with Crippen molar-refractivity contribution in [3.63, 3.8) is 0 Å². The molecule has 0 amide bonds. The van der Waals surface area contributed by atoms with E-state index in [1.54, 1.807) is 4.31 Å². The molecule has 1 saturated heterocycles. The molecule has 6 heteroatoms. The van der Waals surface area contributed by atoms with Crippen molar-refractivity contribution >= 4 is 33.3 Å². The van der Waals surface area contributed by atoms with Crippen molar-refractivity contribution in [3.8, 4) is 0 Å². The van der Waals surface area contributed by atoms with E-state index < -0.39 is 10.0 Å². The molecule has 0 bridgehead atoms. The van der Waals surface area contributed by atoms with Gasteiger partial charge in [0.15, 0.2) is 0 Å². The average molecular weight is 403 g/mol. The van der Waals surface area contributed by atoms with Crippen LogP contribution < -0.4 is 0 Å². The van der Waals surface area contributed by atoms with Crippen molar-refractivity contribution in [2.24, 2.45) is 5.92 Å². The number of hydrogen-bond donors (Lipinski definition) is 0. The van der Waals surface area contributed by atoms with Gasteiger partial charge in [0.05, 0.1) is 11.9 Å². The number of benzene rings is 1. The van der Waals surface area contributed by atoms with E-state index in [4.69, 9.17) is 16.6 Å². The first-order chi connectivity index (χ1) is 12.8. The van der Waals surface area contributed by atoms with E-state index in [2.05, 4.69) is 25.1 Å². The molecule has 1 aromatic carbocycles. The number of pyridine rings is 1. The van der Waals surface area contributed by atoms with Crippen LogP contribution >= 0.6 is 11.6 Å². The van der Waals surface area contributed by atoms with E-state index in [9.17, 15) is 8.42 Å². The second-order valence-corrected chi connectivity index (χ2v) is 9.93. The molecule has 27 heavy (non-hydrogen) atoms. The largest absolute Gasteiger partial charge is 0.260 e. The lowest BCUT2D eigenvalue weighted by molar-refractivity contribution is 0.256. The SMILES string of the molecule is CC1=Cc2cc(Cl)ccc2C(C2CCN(S(C)(=O)=O)CC2)c2ncccc21. The van der Waals surface area contributed by atoms with Crippen molar-refractivity contribution in [2.45, 2.75) is 25.7 Å². The van der Waals surface area contributed by atoms with Gasteiger partial charge in [0.1, 0.15) is 0 Å². The number of sulfonamides is 1. The second-order valence-electron chi connectivity index (χ2n) is 7.51. The van der Waals surface area contributed by atoms with Crippen molar-refractivity contribution < 1.29 is 8.42 Å². The molecule has 1 fully saturated rings. The highest BCUT2D eigenvalue weighted by Gasteiger charge is 2.35. The minimum absolute atomic E-state index is 0.142. The summed E-state index contributed by atoms with van der Waals surface area (Å²) < 4.78 is 25.4. The van der Waals surface area contributed by atoms with Crippen LogP contribution in [0.3, 0.4) is 0 Å². The van der Waals surface area contributed by atoms with Gasteiger partial charge >= 0.3 is 0 Å². The maximum atomic E-state index is 11.9. The van der Waals surface area contributed by atoms with Crippen LogP contribution in [-0.2, 0) is 10.0 Å². The third-order valence-electron chi connectivity index (χ3n) is 5.75. The number of aromatic nitrogens is 1. The van der Waals surface area contributed by atoms with Crippen LogP contribution in [0.15, 0.2) is 36.5 Å². The first kappa shape index (κ1) is 18.7. The summed E-state index contributed by atoms with van der Waals surface area (Å²) >= 11 is 6.27. The predicted octanol–water partition coefficient (Wildman–Crippen LogP) is 4.41. The van der Waals surface area contributed by atoms with Gasteiger partial charge in [-0.05, 0) is 66.1 Å². The minimum Gasteiger partial charge on any atom is -0.260 e. The van der Waals surface area contributed by atoms with Gasteiger partial charge in [0.25, 0.3) is 0 Å². The Labute approximate surface area is 165 Å². The maximum absolute atomic E-state index is 11.9. The number of rotatable bonds is 2. The van der Waals surface area contributed by atoms with Gasteiger partial charge < -0.3 is 0 Å². The summed E-state index contributed by atoms with van der Waals surface area (Å²) in [4.78, 5) is 4.77. The molecule has 1 unspecified atom stereocenters. The Bertz CT molecular complexity index is 1010. The lowest BCUT2D eigenvalue weighted by Crippen LogP contribution is -2.39. The zero-order chi connectivity index (χ0) is 19.2. The molecule has 2 aliphatic rings. The molecule has 4 nitrogen and oxygen atoms in total. The number of fused-ring (bicyclic) bond motifs is 2. The quantitative estimate of drug-likeness (QED) is 0.747. The van der Waals surface area contributed by atoms with Crippen molar-refractivity contribution in [1.82, 2.24) is 9.29 Å². The molecule has 2 heterocycles. The Morgan fingerprint density at radius 3 is 2.63 bits per heavy atom. The summed E-state index contributed by atoms with van der Waals surface area (Å²) in [5.74, 6) is 0.486. The minimum atomic E-state index is -3.13. The molecule has 1 aliphatic heterocycles.